The highest BCUT2D eigenvalue weighted by Crippen LogP contribution is 2.43. The second-order valence-corrected chi connectivity index (χ2v) is 11.6. The molecule has 6 atom stereocenters. The Morgan fingerprint density at radius 3 is 2.73 bits per heavy atom. The lowest BCUT2D eigenvalue weighted by atomic mass is 10.1. The van der Waals surface area contributed by atoms with E-state index in [1.165, 1.54) is 30.2 Å². The molecule has 3 aromatic carbocycles. The van der Waals surface area contributed by atoms with Crippen LogP contribution in [0.1, 0.15) is 18.7 Å². The van der Waals surface area contributed by atoms with Crippen LogP contribution < -0.4 is 19.9 Å². The highest BCUT2D eigenvalue weighted by Gasteiger charge is 2.56. The summed E-state index contributed by atoms with van der Waals surface area (Å²) >= 11 is 0. The van der Waals surface area contributed by atoms with Crippen LogP contribution in [-0.2, 0) is 20.9 Å². The molecule has 1 aliphatic rings. The molecule has 4 N–H and O–H groups in total. The lowest BCUT2D eigenvalue weighted by Gasteiger charge is -2.27. The number of nitrogen functional groups attached to an aromatic ring is 1. The van der Waals surface area contributed by atoms with E-state index in [1.807, 2.05) is 18.2 Å². The summed E-state index contributed by atoms with van der Waals surface area (Å²) in [5, 5.41) is 27.0. The number of hydrogen-bond acceptors (Lipinski definition) is 14. The van der Waals surface area contributed by atoms with Crippen molar-refractivity contribution >= 4 is 41.9 Å². The van der Waals surface area contributed by atoms with E-state index in [-0.39, 0.29) is 35.1 Å². The molecule has 2 aromatic heterocycles. The predicted octanol–water partition coefficient (Wildman–Crippen LogP) is 3.26. The van der Waals surface area contributed by atoms with E-state index in [9.17, 15) is 25.4 Å². The first-order valence-electron chi connectivity index (χ1n) is 14.4. The molecule has 1 fully saturated rings. The van der Waals surface area contributed by atoms with Gasteiger partial charge < -0.3 is 35.1 Å². The highest BCUT2D eigenvalue weighted by atomic mass is 31.1. The Hall–Kier alpha value is -5.41. The number of carbonyl (C=O) groups excluding carboxylic acids is 1. The van der Waals surface area contributed by atoms with E-state index in [0.717, 1.165) is 5.56 Å². The minimum atomic E-state index is -2.83. The number of azide groups is 1. The van der Waals surface area contributed by atoms with Gasteiger partial charge >= 0.3 is 14.1 Å². The van der Waals surface area contributed by atoms with Crippen LogP contribution in [0.4, 0.5) is 5.82 Å². The fourth-order valence-electron chi connectivity index (χ4n) is 5.11. The molecule has 5 aromatic rings. The summed E-state index contributed by atoms with van der Waals surface area (Å²) in [4.78, 5) is 40.7. The van der Waals surface area contributed by atoms with Gasteiger partial charge in [0, 0.05) is 10.3 Å². The van der Waals surface area contributed by atoms with Crippen molar-refractivity contribution < 1.29 is 38.6 Å². The van der Waals surface area contributed by atoms with Crippen LogP contribution in [0.25, 0.3) is 32.4 Å². The number of carbonyl (C=O) groups is 1. The normalized spacial score (nSPS) is 21.5. The smallest absolute Gasteiger partial charge is 0.395 e. The van der Waals surface area contributed by atoms with Crippen LogP contribution in [0.5, 0.6) is 11.5 Å². The van der Waals surface area contributed by atoms with Gasteiger partial charge in [-0.1, -0.05) is 70.5 Å². The van der Waals surface area contributed by atoms with Gasteiger partial charge in [0.05, 0.1) is 6.33 Å². The Morgan fingerprint density at radius 1 is 1.17 bits per heavy atom. The van der Waals surface area contributed by atoms with Crippen molar-refractivity contribution in [2.24, 2.45) is 9.86 Å². The Balaban J connectivity index is 1.24. The van der Waals surface area contributed by atoms with E-state index in [2.05, 4.69) is 29.7 Å². The van der Waals surface area contributed by atoms with E-state index in [1.54, 1.807) is 42.5 Å². The maximum Gasteiger partial charge on any atom is 0.395 e. The van der Waals surface area contributed by atoms with Gasteiger partial charge in [-0.25, -0.2) is 19.7 Å². The van der Waals surface area contributed by atoms with Gasteiger partial charge in [0.1, 0.15) is 37.3 Å². The highest BCUT2D eigenvalue weighted by molar-refractivity contribution is 7.34. The van der Waals surface area contributed by atoms with Gasteiger partial charge in [0.25, 0.3) is 0 Å². The Bertz CT molecular complexity index is 2040. The Kier molecular flexibility index (Phi) is 9.32. The molecule has 18 heteroatoms. The molecular weight excluding hydrogens is 645 g/mol. The van der Waals surface area contributed by atoms with Gasteiger partial charge in [0.2, 0.25) is 11.5 Å². The maximum atomic E-state index is 13.1. The molecule has 0 bridgehead atoms. The lowest BCUT2D eigenvalue weighted by Crippen LogP contribution is -2.46. The van der Waals surface area contributed by atoms with Crippen LogP contribution >= 0.6 is 8.17 Å². The van der Waals surface area contributed by atoms with E-state index >= 15 is 0 Å². The summed E-state index contributed by atoms with van der Waals surface area (Å²) in [6.45, 7) is 0.826. The molecule has 6 rings (SSSR count). The zero-order chi connectivity index (χ0) is 33.8. The monoisotopic (exact) mass is 673 g/mol. The van der Waals surface area contributed by atoms with Gasteiger partial charge in [-0.3, -0.25) is 9.09 Å². The molecule has 17 nitrogen and oxygen atoms in total. The topological polar surface area (TPSA) is 248 Å². The first kappa shape index (κ1) is 32.5. The van der Waals surface area contributed by atoms with Gasteiger partial charge in [-0.2, -0.15) is 0 Å². The van der Waals surface area contributed by atoms with E-state index in [0.29, 0.717) is 10.8 Å². The number of rotatable bonds is 11. The zero-order valence-corrected chi connectivity index (χ0v) is 26.1. The summed E-state index contributed by atoms with van der Waals surface area (Å²) in [5.41, 5.74) is 14.4. The van der Waals surface area contributed by atoms with Crippen molar-refractivity contribution in [3.63, 3.8) is 0 Å². The fourth-order valence-corrected chi connectivity index (χ4v) is 5.88. The third kappa shape index (κ3) is 6.41. The summed E-state index contributed by atoms with van der Waals surface area (Å²) in [6.07, 6.45) is -2.25. The van der Waals surface area contributed by atoms with Crippen molar-refractivity contribution in [1.29, 1.82) is 0 Å². The van der Waals surface area contributed by atoms with Crippen molar-refractivity contribution in [1.82, 2.24) is 19.5 Å². The van der Waals surface area contributed by atoms with E-state index < -0.39 is 50.9 Å². The number of nitrogens with two attached hydrogens (primary N) is 1. The molecule has 3 heterocycles. The number of aliphatic hydroxyl groups excluding tert-OH is 2. The second kappa shape index (κ2) is 13.8. The molecular formula is C30H28N9O8P. The minimum absolute atomic E-state index is 0.00346. The average Bonchev–Trinajstić information content (AvgIpc) is 3.63. The van der Waals surface area contributed by atoms with Crippen molar-refractivity contribution in [2.45, 2.75) is 43.7 Å². The van der Waals surface area contributed by atoms with Crippen LogP contribution in [0.2, 0.25) is 0 Å². The van der Waals surface area contributed by atoms with Gasteiger partial charge in [-0.15, -0.1) is 0 Å². The number of hydrogen-bond donors (Lipinski definition) is 3. The molecule has 0 aliphatic carbocycles. The third-order valence-corrected chi connectivity index (χ3v) is 8.43. The van der Waals surface area contributed by atoms with Crippen LogP contribution in [0.3, 0.4) is 0 Å². The Labute approximate surface area is 272 Å². The number of ether oxygens (including phenoxy) is 3. The van der Waals surface area contributed by atoms with Crippen molar-refractivity contribution in [2.75, 3.05) is 12.3 Å². The zero-order valence-electron chi connectivity index (χ0n) is 25.2. The van der Waals surface area contributed by atoms with Crippen molar-refractivity contribution in [3.8, 4) is 11.5 Å². The lowest BCUT2D eigenvalue weighted by molar-refractivity contribution is -0.169. The van der Waals surface area contributed by atoms with E-state index in [4.69, 9.17) is 24.5 Å². The van der Waals surface area contributed by atoms with Gasteiger partial charge in [0.15, 0.2) is 29.5 Å². The average molecular weight is 674 g/mol. The number of aromatic nitrogens is 4. The fraction of sp³-hybridized carbons (Fsp3) is 0.267. The first-order valence-corrected chi connectivity index (χ1v) is 15.6. The van der Waals surface area contributed by atoms with Gasteiger partial charge in [-0.05, 0) is 29.5 Å². The summed E-state index contributed by atoms with van der Waals surface area (Å²) in [6, 6.07) is 18.2. The number of benzene rings is 3. The third-order valence-electron chi connectivity index (χ3n) is 7.56. The SMILES string of the molecule is C[C@H](N=[P+]([O-])Oc1c(OC[C@@]2(N=[N+]=[N-])O[C@@H](n3cnc4c(N)ncnc43)[C@H](O)[C@@H]2O)ccc2ccccc12)C(=O)OCc1ccccc1. The standard InChI is InChI=1S/C30H28N9O8P/c1-17(29(42)44-13-18-7-3-2-4-8-18)36-48(43)47-24-20-10-6-5-9-19(20)11-12-21(24)45-14-30(37-38-32)25(41)23(40)28(46-30)39-16-35-22-26(31)33-15-34-27(22)39/h2-12,15-17,23,25,28,40-41H,13-14H2,1H3,(H2,31,33,34)/t17-,23+,25-,28+,30+/m0/s1. The number of nitrogens with zero attached hydrogens (tertiary/aromatic N) is 8. The number of esters is 1. The number of imidazole rings is 1. The number of fused-ring (bicyclic) bond motifs is 2. The van der Waals surface area contributed by atoms with Crippen LogP contribution in [-0.4, -0.2) is 66.3 Å². The molecule has 1 saturated heterocycles. The summed E-state index contributed by atoms with van der Waals surface area (Å²) < 4.78 is 28.3. The molecule has 48 heavy (non-hydrogen) atoms. The summed E-state index contributed by atoms with van der Waals surface area (Å²) in [7, 11) is -2.83. The quantitative estimate of drug-likeness (QED) is 0.0601. The summed E-state index contributed by atoms with van der Waals surface area (Å²) in [5.74, 6) is -0.599. The second-order valence-electron chi connectivity index (χ2n) is 10.7. The van der Waals surface area contributed by atoms with Crippen LogP contribution in [0.15, 0.2) is 89.2 Å². The Morgan fingerprint density at radius 2 is 1.94 bits per heavy atom. The molecule has 1 unspecified atom stereocenters. The minimum Gasteiger partial charge on any atom is -0.575 e. The molecule has 246 valence electrons. The molecule has 0 amide bonds. The largest absolute Gasteiger partial charge is 0.575 e. The number of aliphatic hydroxyl groups is 2. The molecule has 0 radical (unpaired) electrons. The first-order chi connectivity index (χ1) is 23.2. The maximum absolute atomic E-state index is 13.1. The molecule has 0 saturated carbocycles. The van der Waals surface area contributed by atoms with Crippen molar-refractivity contribution in [3.05, 3.63) is 95.4 Å². The molecule has 0 spiro atoms. The predicted molar refractivity (Wildman–Crippen MR) is 169 cm³/mol. The molecule has 1 aliphatic heterocycles. The number of anilines is 1. The van der Waals surface area contributed by atoms with Crippen LogP contribution in [0, 0.1) is 0 Å².